The third-order valence-corrected chi connectivity index (χ3v) is 7.68. The largest absolute Gasteiger partial charge is 0.454 e. The van der Waals surface area contributed by atoms with Gasteiger partial charge in [-0.3, -0.25) is 0 Å². The number of aryl methyl sites for hydroxylation is 1. The number of aromatic nitrogens is 2. The van der Waals surface area contributed by atoms with E-state index in [1.165, 1.54) is 50.5 Å². The summed E-state index contributed by atoms with van der Waals surface area (Å²) in [5.74, 6) is -0.149. The first-order valence-corrected chi connectivity index (χ1v) is 12.7. The highest BCUT2D eigenvalue weighted by atomic mass is 32.2. The van der Waals surface area contributed by atoms with E-state index in [-0.39, 0.29) is 22.0 Å². The minimum Gasteiger partial charge on any atom is -0.454 e. The number of carbonyl (C=O) groups excluding carboxylic acids is 1. The monoisotopic (exact) mass is 465 g/mol. The molecule has 0 fully saturated rings. The summed E-state index contributed by atoms with van der Waals surface area (Å²) in [7, 11) is -4.04. The van der Waals surface area contributed by atoms with Gasteiger partial charge in [-0.2, -0.15) is 0 Å². The molecule has 2 aromatic carbocycles. The topological polar surface area (TPSA) is 116 Å². The van der Waals surface area contributed by atoms with Crippen LogP contribution in [0.15, 0.2) is 52.3 Å². The van der Waals surface area contributed by atoms with E-state index in [9.17, 15) is 21.6 Å². The maximum atomic E-state index is 12.4. The van der Waals surface area contributed by atoms with Gasteiger partial charge >= 0.3 is 5.97 Å². The van der Waals surface area contributed by atoms with Crippen molar-refractivity contribution in [2.45, 2.75) is 29.9 Å². The van der Waals surface area contributed by atoms with Crippen molar-refractivity contribution in [3.8, 4) is 0 Å². The smallest absolute Gasteiger partial charge is 0.338 e. The van der Waals surface area contributed by atoms with E-state index in [1.54, 1.807) is 6.07 Å². The number of rotatable bonds is 7. The van der Waals surface area contributed by atoms with E-state index in [0.717, 1.165) is 16.1 Å². The zero-order valence-electron chi connectivity index (χ0n) is 17.6. The number of sulfonamides is 1. The minimum atomic E-state index is -3.60. The standard InChI is InChI=1S/C20H23N3O6S2/c1-5-23-18-11-10-16(31(27,28)22(2)3)12-17(18)21-19(23)13-29-20(24)14-6-8-15(9-7-14)30(4,25)26/h6-12H,5,13H2,1-4H3. The van der Waals surface area contributed by atoms with Gasteiger partial charge in [-0.1, -0.05) is 0 Å². The molecule has 166 valence electrons. The van der Waals surface area contributed by atoms with Gasteiger partial charge in [0.25, 0.3) is 0 Å². The molecule has 1 heterocycles. The Hall–Kier alpha value is -2.76. The number of benzene rings is 2. The highest BCUT2D eigenvalue weighted by Gasteiger charge is 2.20. The van der Waals surface area contributed by atoms with E-state index in [4.69, 9.17) is 4.74 Å². The molecule has 3 rings (SSSR count). The highest BCUT2D eigenvalue weighted by Crippen LogP contribution is 2.23. The summed E-state index contributed by atoms with van der Waals surface area (Å²) in [6.07, 6.45) is 1.09. The zero-order chi connectivity index (χ0) is 23.0. The van der Waals surface area contributed by atoms with Crippen LogP contribution >= 0.6 is 0 Å². The molecule has 11 heteroatoms. The molecule has 3 aromatic rings. The fourth-order valence-electron chi connectivity index (χ4n) is 3.05. The number of sulfone groups is 1. The third kappa shape index (κ3) is 4.63. The molecule has 31 heavy (non-hydrogen) atoms. The van der Waals surface area contributed by atoms with Crippen molar-refractivity contribution >= 4 is 36.9 Å². The molecule has 0 unspecified atom stereocenters. The number of hydrogen-bond acceptors (Lipinski definition) is 7. The van der Waals surface area contributed by atoms with Gasteiger partial charge in [0.15, 0.2) is 9.84 Å². The number of carbonyl (C=O) groups is 1. The molecule has 0 atom stereocenters. The lowest BCUT2D eigenvalue weighted by Gasteiger charge is -2.11. The number of hydrogen-bond donors (Lipinski definition) is 0. The SMILES string of the molecule is CCn1c(COC(=O)c2ccc(S(C)(=O)=O)cc2)nc2cc(S(=O)(=O)N(C)C)ccc21. The Morgan fingerprint density at radius 1 is 1.03 bits per heavy atom. The second kappa shape index (κ2) is 8.40. The predicted octanol–water partition coefficient (Wildman–Crippen LogP) is 2.07. The van der Waals surface area contributed by atoms with Crippen molar-refractivity contribution in [2.24, 2.45) is 0 Å². The first-order valence-electron chi connectivity index (χ1n) is 9.34. The summed E-state index contributed by atoms with van der Waals surface area (Å²) in [5.41, 5.74) is 1.42. The van der Waals surface area contributed by atoms with Crippen molar-refractivity contribution in [3.05, 3.63) is 53.9 Å². The molecule has 0 aliphatic heterocycles. The summed E-state index contributed by atoms with van der Waals surface area (Å²) < 4.78 is 56.1. The Morgan fingerprint density at radius 3 is 2.19 bits per heavy atom. The van der Waals surface area contributed by atoms with Gasteiger partial charge in [-0.05, 0) is 49.4 Å². The molecule has 0 amide bonds. The van der Waals surface area contributed by atoms with Crippen molar-refractivity contribution in [3.63, 3.8) is 0 Å². The molecule has 0 bridgehead atoms. The molecule has 0 N–H and O–H groups in total. The molecule has 0 aliphatic carbocycles. The van der Waals surface area contributed by atoms with Crippen LogP contribution in [0.4, 0.5) is 0 Å². The van der Waals surface area contributed by atoms with Crippen molar-refractivity contribution in [1.82, 2.24) is 13.9 Å². The summed E-state index contributed by atoms with van der Waals surface area (Å²) in [6, 6.07) is 10.2. The van der Waals surface area contributed by atoms with Crippen LogP contribution in [0.2, 0.25) is 0 Å². The van der Waals surface area contributed by atoms with Crippen LogP contribution in [0.3, 0.4) is 0 Å². The molecule has 0 aliphatic rings. The average molecular weight is 466 g/mol. The summed E-state index contributed by atoms with van der Waals surface area (Å²) in [4.78, 5) is 17.0. The Morgan fingerprint density at radius 2 is 1.65 bits per heavy atom. The number of esters is 1. The maximum absolute atomic E-state index is 12.4. The van der Waals surface area contributed by atoms with Gasteiger partial charge < -0.3 is 9.30 Å². The van der Waals surface area contributed by atoms with E-state index >= 15 is 0 Å². The third-order valence-electron chi connectivity index (χ3n) is 4.74. The van der Waals surface area contributed by atoms with Crippen LogP contribution in [0.1, 0.15) is 23.1 Å². The molecular formula is C20H23N3O6S2. The second-order valence-electron chi connectivity index (χ2n) is 7.08. The number of nitrogens with zero attached hydrogens (tertiary/aromatic N) is 3. The molecule has 9 nitrogen and oxygen atoms in total. The van der Waals surface area contributed by atoms with Crippen LogP contribution in [-0.2, 0) is 37.7 Å². The van der Waals surface area contributed by atoms with E-state index in [0.29, 0.717) is 17.9 Å². The Labute approximate surface area is 181 Å². The molecule has 1 aromatic heterocycles. The summed E-state index contributed by atoms with van der Waals surface area (Å²) in [6.45, 7) is 2.33. The molecule has 0 radical (unpaired) electrons. The summed E-state index contributed by atoms with van der Waals surface area (Å²) >= 11 is 0. The number of imidazole rings is 1. The highest BCUT2D eigenvalue weighted by molar-refractivity contribution is 7.90. The molecule has 0 saturated heterocycles. The fourth-order valence-corrected chi connectivity index (χ4v) is 4.60. The van der Waals surface area contributed by atoms with Crippen LogP contribution in [0, 0.1) is 0 Å². The number of ether oxygens (including phenoxy) is 1. The van der Waals surface area contributed by atoms with Crippen LogP contribution in [0.5, 0.6) is 0 Å². The average Bonchev–Trinajstić information content (AvgIpc) is 3.07. The lowest BCUT2D eigenvalue weighted by atomic mass is 10.2. The normalized spacial score (nSPS) is 12.4. The van der Waals surface area contributed by atoms with E-state index in [1.807, 2.05) is 11.5 Å². The Balaban J connectivity index is 1.85. The Kier molecular flexibility index (Phi) is 6.21. The van der Waals surface area contributed by atoms with Gasteiger partial charge in [-0.15, -0.1) is 0 Å². The number of fused-ring (bicyclic) bond motifs is 1. The molecule has 0 spiro atoms. The van der Waals surface area contributed by atoms with E-state index < -0.39 is 25.8 Å². The predicted molar refractivity (Wildman–Crippen MR) is 115 cm³/mol. The first-order chi connectivity index (χ1) is 14.4. The van der Waals surface area contributed by atoms with Crippen LogP contribution in [0.25, 0.3) is 11.0 Å². The Bertz CT molecular complexity index is 1340. The summed E-state index contributed by atoms with van der Waals surface area (Å²) in [5, 5.41) is 0. The molecule has 0 saturated carbocycles. The quantitative estimate of drug-likeness (QED) is 0.491. The van der Waals surface area contributed by atoms with Gasteiger partial charge in [0, 0.05) is 26.9 Å². The van der Waals surface area contributed by atoms with Gasteiger partial charge in [0.1, 0.15) is 12.4 Å². The lowest BCUT2D eigenvalue weighted by Crippen LogP contribution is -2.22. The first kappa shape index (κ1) is 22.9. The lowest BCUT2D eigenvalue weighted by molar-refractivity contribution is 0.0458. The zero-order valence-corrected chi connectivity index (χ0v) is 19.2. The van der Waals surface area contributed by atoms with Crippen molar-refractivity contribution < 1.29 is 26.4 Å². The van der Waals surface area contributed by atoms with Gasteiger partial charge in [0.2, 0.25) is 10.0 Å². The minimum absolute atomic E-state index is 0.111. The second-order valence-corrected chi connectivity index (χ2v) is 11.3. The van der Waals surface area contributed by atoms with Gasteiger partial charge in [0.05, 0.1) is 26.4 Å². The van der Waals surface area contributed by atoms with Crippen molar-refractivity contribution in [1.29, 1.82) is 0 Å². The maximum Gasteiger partial charge on any atom is 0.338 e. The van der Waals surface area contributed by atoms with Crippen LogP contribution in [-0.4, -0.2) is 57.0 Å². The van der Waals surface area contributed by atoms with Crippen LogP contribution < -0.4 is 0 Å². The van der Waals surface area contributed by atoms with E-state index in [2.05, 4.69) is 4.98 Å². The van der Waals surface area contributed by atoms with Crippen molar-refractivity contribution in [2.75, 3.05) is 20.4 Å². The molecular weight excluding hydrogens is 442 g/mol. The van der Waals surface area contributed by atoms with Gasteiger partial charge in [-0.25, -0.2) is 30.9 Å². The fraction of sp³-hybridized carbons (Fsp3) is 0.300.